The summed E-state index contributed by atoms with van der Waals surface area (Å²) in [6, 6.07) is 30.0. The maximum absolute atomic E-state index is 13.3. The molecule has 0 amide bonds. The molecule has 4 aromatic carbocycles. The summed E-state index contributed by atoms with van der Waals surface area (Å²) < 4.78 is 12.2. The molecule has 0 aliphatic carbocycles. The molecule has 0 N–H and O–H groups in total. The maximum atomic E-state index is 13.3. The molecule has 0 saturated heterocycles. The molecule has 4 aromatic rings. The minimum absolute atomic E-state index is 0. The van der Waals surface area contributed by atoms with Gasteiger partial charge in [0.1, 0.15) is 24.7 Å². The Hall–Kier alpha value is -2.82. The van der Waals surface area contributed by atoms with E-state index in [2.05, 4.69) is 19.1 Å². The fourth-order valence-electron chi connectivity index (χ4n) is 4.01. The third-order valence-electron chi connectivity index (χ3n) is 5.59. The van der Waals surface area contributed by atoms with Gasteiger partial charge in [-0.1, -0.05) is 78.4 Å². The van der Waals surface area contributed by atoms with Gasteiger partial charge in [0.15, 0.2) is 5.52 Å². The zero-order valence-electron chi connectivity index (χ0n) is 20.8. The van der Waals surface area contributed by atoms with E-state index in [0.29, 0.717) is 19.0 Å². The van der Waals surface area contributed by atoms with Crippen LogP contribution in [0.4, 0.5) is 0 Å². The van der Waals surface area contributed by atoms with Crippen LogP contribution < -0.4 is 33.6 Å². The molecule has 0 spiro atoms. The average Bonchev–Trinajstić information content (AvgIpc) is 2.83. The number of carbonyl (C=O) groups is 1. The van der Waals surface area contributed by atoms with E-state index in [-0.39, 0.29) is 33.0 Å². The van der Waals surface area contributed by atoms with Crippen LogP contribution in [0.3, 0.4) is 0 Å². The van der Waals surface area contributed by atoms with Crippen molar-refractivity contribution in [2.75, 3.05) is 0 Å². The van der Waals surface area contributed by atoms with Crippen LogP contribution in [0, 0.1) is 20.8 Å². The van der Waals surface area contributed by atoms with Gasteiger partial charge in [0.25, 0.3) is 0 Å². The second kappa shape index (κ2) is 12.8. The van der Waals surface area contributed by atoms with Crippen LogP contribution in [0.5, 0.6) is 11.5 Å². The molecule has 1 atom stereocenters. The number of hydrogen-bond acceptors (Lipinski definition) is 3. The second-order valence-electron chi connectivity index (χ2n) is 8.43. The Kier molecular flexibility index (Phi) is 9.76. The van der Waals surface area contributed by atoms with Crippen LogP contribution in [-0.4, -0.2) is 5.52 Å². The molecule has 0 aliphatic rings. The van der Waals surface area contributed by atoms with Crippen LogP contribution in [0.25, 0.3) is 0 Å². The molecule has 0 bridgehead atoms. The Morgan fingerprint density at radius 3 is 1.83 bits per heavy atom. The predicted octanol–water partition coefficient (Wildman–Crippen LogP) is 3.92. The smallest absolute Gasteiger partial charge is 0.489 e. The minimum Gasteiger partial charge on any atom is -0.489 e. The van der Waals surface area contributed by atoms with Crippen molar-refractivity contribution in [1.82, 2.24) is 0 Å². The Balaban J connectivity index is 0.00000342. The van der Waals surface area contributed by atoms with Crippen molar-refractivity contribution in [2.24, 2.45) is 0 Å². The van der Waals surface area contributed by atoms with Gasteiger partial charge >= 0.3 is 18.9 Å². The molecule has 35 heavy (non-hydrogen) atoms. The third-order valence-corrected chi connectivity index (χ3v) is 6.75. The van der Waals surface area contributed by atoms with E-state index in [0.717, 1.165) is 38.9 Å². The fraction of sp³-hybridized carbons (Fsp3) is 0.167. The van der Waals surface area contributed by atoms with Crippen LogP contribution in [0.1, 0.15) is 38.2 Å². The van der Waals surface area contributed by atoms with E-state index in [1.165, 1.54) is 5.56 Å². The Labute approximate surface area is 221 Å². The first kappa shape index (κ1) is 26.8. The normalized spacial score (nSPS) is 10.7. The molecule has 3 nitrogen and oxygen atoms in total. The summed E-state index contributed by atoms with van der Waals surface area (Å²) in [4.78, 5) is 13.3. The fourth-order valence-corrected chi connectivity index (χ4v) is 5.21. The number of aryl methyl sites for hydroxylation is 3. The van der Waals surface area contributed by atoms with Gasteiger partial charge in [0.05, 0.1) is 0 Å². The van der Waals surface area contributed by atoms with Gasteiger partial charge in [0.2, 0.25) is 0 Å². The zero-order chi connectivity index (χ0) is 23.9. The Morgan fingerprint density at radius 1 is 0.714 bits per heavy atom. The van der Waals surface area contributed by atoms with Crippen molar-refractivity contribution < 1.29 is 33.1 Å². The van der Waals surface area contributed by atoms with E-state index in [1.807, 2.05) is 92.7 Å². The molecule has 0 saturated carbocycles. The van der Waals surface area contributed by atoms with Crippen molar-refractivity contribution in [3.63, 3.8) is 0 Å². The predicted molar refractivity (Wildman–Crippen MR) is 141 cm³/mol. The molecule has 0 aliphatic heterocycles. The van der Waals surface area contributed by atoms with Gasteiger partial charge < -0.3 is 9.47 Å². The quantitative estimate of drug-likeness (QED) is 0.272. The average molecular weight is 475 g/mol. The number of rotatable bonds is 9. The van der Waals surface area contributed by atoms with Crippen molar-refractivity contribution in [2.45, 2.75) is 34.0 Å². The molecule has 0 heterocycles. The second-order valence-corrected chi connectivity index (χ2v) is 9.68. The standard InChI is InChI=1S/C30H29O3P.Li/c1-21-16-22(2)29(23(3)17-21)30(31)34-28-15-14-26(32-19-24-10-6-4-7-11-24)18-27(28)33-20-25-12-8-5-9-13-25;/h4-18,34H,19-20H2,1-3H3;/q;+1. The third kappa shape index (κ3) is 7.33. The van der Waals surface area contributed by atoms with Crippen molar-refractivity contribution >= 4 is 19.4 Å². The largest absolute Gasteiger partial charge is 1.00 e. The molecule has 4 rings (SSSR count). The Morgan fingerprint density at radius 2 is 1.26 bits per heavy atom. The molecule has 0 radical (unpaired) electrons. The summed E-state index contributed by atoms with van der Waals surface area (Å²) in [6.07, 6.45) is 0. The maximum Gasteiger partial charge on any atom is 1.00 e. The van der Waals surface area contributed by atoms with E-state index in [1.54, 1.807) is 0 Å². The van der Waals surface area contributed by atoms with Gasteiger partial charge in [-0.3, -0.25) is 4.79 Å². The topological polar surface area (TPSA) is 35.5 Å². The van der Waals surface area contributed by atoms with E-state index < -0.39 is 0 Å². The number of carbonyl (C=O) groups excluding carboxylic acids is 1. The number of benzene rings is 4. The molecular weight excluding hydrogens is 446 g/mol. The summed E-state index contributed by atoms with van der Waals surface area (Å²) in [5.74, 6) is 1.40. The minimum atomic E-state index is -0.0366. The Bertz CT molecular complexity index is 1250. The first-order valence-corrected chi connectivity index (χ1v) is 12.4. The van der Waals surface area contributed by atoms with E-state index >= 15 is 0 Å². The van der Waals surface area contributed by atoms with Gasteiger partial charge in [-0.15, -0.1) is 0 Å². The van der Waals surface area contributed by atoms with Crippen molar-refractivity contribution in [1.29, 1.82) is 0 Å². The SMILES string of the molecule is Cc1cc(C)c(C(=O)Pc2ccc(OCc3ccccc3)cc2OCc2ccccc2)c(C)c1.[Li+]. The monoisotopic (exact) mass is 475 g/mol. The number of hydrogen-bond donors (Lipinski definition) is 0. The summed E-state index contributed by atoms with van der Waals surface area (Å²) in [5.41, 5.74) is 6.31. The summed E-state index contributed by atoms with van der Waals surface area (Å²) in [6.45, 7) is 6.97. The van der Waals surface area contributed by atoms with Crippen LogP contribution >= 0.6 is 8.58 Å². The molecular formula is C30H29LiO3P+. The van der Waals surface area contributed by atoms with Crippen molar-refractivity contribution in [3.05, 3.63) is 124 Å². The van der Waals surface area contributed by atoms with Crippen LogP contribution in [0.15, 0.2) is 91.0 Å². The summed E-state index contributed by atoms with van der Waals surface area (Å²) in [7, 11) is -0.0366. The molecule has 0 fully saturated rings. The summed E-state index contributed by atoms with van der Waals surface area (Å²) >= 11 is 0. The van der Waals surface area contributed by atoms with Gasteiger partial charge in [-0.25, -0.2) is 0 Å². The zero-order valence-corrected chi connectivity index (χ0v) is 21.8. The first-order chi connectivity index (χ1) is 16.5. The first-order valence-electron chi connectivity index (χ1n) is 11.4. The summed E-state index contributed by atoms with van der Waals surface area (Å²) in [5, 5.41) is 0.882. The van der Waals surface area contributed by atoms with E-state index in [9.17, 15) is 4.79 Å². The van der Waals surface area contributed by atoms with Crippen LogP contribution in [-0.2, 0) is 13.2 Å². The van der Waals surface area contributed by atoms with E-state index in [4.69, 9.17) is 9.47 Å². The molecule has 172 valence electrons. The molecule has 1 unspecified atom stereocenters. The number of ether oxygens (including phenoxy) is 2. The van der Waals surface area contributed by atoms with Crippen molar-refractivity contribution in [3.8, 4) is 11.5 Å². The van der Waals surface area contributed by atoms with Gasteiger partial charge in [0, 0.05) is 16.9 Å². The van der Waals surface area contributed by atoms with Gasteiger partial charge in [-0.2, -0.15) is 0 Å². The van der Waals surface area contributed by atoms with Crippen LogP contribution in [0.2, 0.25) is 0 Å². The molecule has 5 heteroatoms. The molecule has 0 aromatic heterocycles. The van der Waals surface area contributed by atoms with Gasteiger partial charge in [-0.05, 0) is 63.7 Å².